The van der Waals surface area contributed by atoms with Gasteiger partial charge in [-0.15, -0.1) is 0 Å². The molecule has 0 aliphatic carbocycles. The van der Waals surface area contributed by atoms with E-state index in [1.54, 1.807) is 0 Å². The highest BCUT2D eigenvalue weighted by Crippen LogP contribution is 2.22. The molecule has 0 saturated heterocycles. The molecular formula is C20H13. The molecule has 0 aliphatic rings. The van der Waals surface area contributed by atoms with Gasteiger partial charge in [0.25, 0.3) is 0 Å². The van der Waals surface area contributed by atoms with Crippen molar-refractivity contribution in [1.29, 1.82) is 0 Å². The van der Waals surface area contributed by atoms with E-state index in [0.717, 1.165) is 16.7 Å². The van der Waals surface area contributed by atoms with Crippen molar-refractivity contribution in [3.63, 3.8) is 0 Å². The van der Waals surface area contributed by atoms with Crippen LogP contribution in [0, 0.1) is 17.9 Å². The van der Waals surface area contributed by atoms with Crippen LogP contribution < -0.4 is 0 Å². The molecule has 0 N–H and O–H groups in total. The largest absolute Gasteiger partial charge is 0.0622 e. The highest BCUT2D eigenvalue weighted by Gasteiger charge is 2.01. The van der Waals surface area contributed by atoms with E-state index in [1.165, 1.54) is 5.56 Å². The van der Waals surface area contributed by atoms with Gasteiger partial charge in [0.2, 0.25) is 0 Å². The minimum Gasteiger partial charge on any atom is -0.0622 e. The normalized spacial score (nSPS) is 9.60. The Kier molecular flexibility index (Phi) is 3.62. The van der Waals surface area contributed by atoms with Crippen LogP contribution in [0.5, 0.6) is 0 Å². The average molecular weight is 253 g/mol. The lowest BCUT2D eigenvalue weighted by Gasteiger charge is -2.04. The van der Waals surface area contributed by atoms with E-state index in [4.69, 9.17) is 0 Å². The van der Waals surface area contributed by atoms with Gasteiger partial charge in [-0.2, -0.15) is 0 Å². The maximum atomic E-state index is 3.25. The van der Waals surface area contributed by atoms with Crippen LogP contribution in [0.4, 0.5) is 0 Å². The zero-order valence-corrected chi connectivity index (χ0v) is 11.0. The summed E-state index contributed by atoms with van der Waals surface area (Å²) >= 11 is 0. The first kappa shape index (κ1) is 12.3. The van der Waals surface area contributed by atoms with Crippen LogP contribution >= 0.6 is 0 Å². The summed E-state index contributed by atoms with van der Waals surface area (Å²) in [5.74, 6) is 6.41. The molecule has 1 radical (unpaired) electrons. The van der Waals surface area contributed by atoms with Gasteiger partial charge in [-0.05, 0) is 29.3 Å². The highest BCUT2D eigenvalue weighted by molar-refractivity contribution is 5.71. The van der Waals surface area contributed by atoms with Crippen LogP contribution in [-0.4, -0.2) is 0 Å². The fourth-order valence-corrected chi connectivity index (χ4v) is 2.07. The second-order valence-corrected chi connectivity index (χ2v) is 4.44. The summed E-state index contributed by atoms with van der Waals surface area (Å²) in [6, 6.07) is 29.5. The summed E-state index contributed by atoms with van der Waals surface area (Å²) in [7, 11) is 0. The van der Waals surface area contributed by atoms with E-state index in [-0.39, 0.29) is 0 Å². The van der Waals surface area contributed by atoms with Gasteiger partial charge >= 0.3 is 0 Å². The third-order valence-electron chi connectivity index (χ3n) is 3.05. The van der Waals surface area contributed by atoms with E-state index in [1.807, 2.05) is 54.6 Å². The second-order valence-electron chi connectivity index (χ2n) is 4.44. The summed E-state index contributed by atoms with van der Waals surface area (Å²) in [6.45, 7) is 0. The Balaban J connectivity index is 2.02. The molecule has 0 nitrogen and oxygen atoms in total. The number of hydrogen-bond donors (Lipinski definition) is 0. The molecule has 3 rings (SSSR count). The van der Waals surface area contributed by atoms with Gasteiger partial charge in [-0.25, -0.2) is 0 Å². The maximum Gasteiger partial charge on any atom is 0.0327 e. The number of hydrogen-bond acceptors (Lipinski definition) is 0. The Morgan fingerprint density at radius 3 is 2.20 bits per heavy atom. The van der Waals surface area contributed by atoms with Crippen LogP contribution in [0.25, 0.3) is 11.1 Å². The molecule has 0 atom stereocenters. The molecule has 0 heterocycles. The van der Waals surface area contributed by atoms with Crippen molar-refractivity contribution in [3.8, 4) is 23.0 Å². The SMILES string of the molecule is C(#Cc1ccccc1-c1ccccc1)c1[c]cccc1. The topological polar surface area (TPSA) is 0 Å². The van der Waals surface area contributed by atoms with Gasteiger partial charge < -0.3 is 0 Å². The average Bonchev–Trinajstić information content (AvgIpc) is 2.55. The Morgan fingerprint density at radius 1 is 0.650 bits per heavy atom. The molecule has 93 valence electrons. The van der Waals surface area contributed by atoms with Crippen LogP contribution in [-0.2, 0) is 0 Å². The Labute approximate surface area is 119 Å². The first-order chi connectivity index (χ1) is 9.93. The lowest BCUT2D eigenvalue weighted by Crippen LogP contribution is -1.83. The molecule has 0 saturated carbocycles. The van der Waals surface area contributed by atoms with Gasteiger partial charge in [0.05, 0.1) is 0 Å². The Morgan fingerprint density at radius 2 is 1.40 bits per heavy atom. The first-order valence-corrected chi connectivity index (χ1v) is 6.57. The molecule has 0 bridgehead atoms. The minimum atomic E-state index is 0.912. The molecule has 3 aromatic rings. The van der Waals surface area contributed by atoms with Crippen LogP contribution in [0.1, 0.15) is 11.1 Å². The zero-order chi connectivity index (χ0) is 13.6. The van der Waals surface area contributed by atoms with Crippen molar-refractivity contribution in [3.05, 3.63) is 96.1 Å². The number of benzene rings is 3. The summed E-state index contributed by atoms with van der Waals surface area (Å²) in [6.07, 6.45) is 0. The first-order valence-electron chi connectivity index (χ1n) is 6.57. The zero-order valence-electron chi connectivity index (χ0n) is 11.0. The van der Waals surface area contributed by atoms with Crippen LogP contribution in [0.15, 0.2) is 78.9 Å². The summed E-state index contributed by atoms with van der Waals surface area (Å²) in [4.78, 5) is 0. The molecule has 0 fully saturated rings. The molecule has 20 heavy (non-hydrogen) atoms. The van der Waals surface area contributed by atoms with Crippen molar-refractivity contribution < 1.29 is 0 Å². The van der Waals surface area contributed by atoms with Crippen LogP contribution in [0.2, 0.25) is 0 Å². The molecule has 0 aromatic heterocycles. The molecule has 0 spiro atoms. The molecule has 0 unspecified atom stereocenters. The molecule has 3 aromatic carbocycles. The predicted octanol–water partition coefficient (Wildman–Crippen LogP) is 4.55. The van der Waals surface area contributed by atoms with Gasteiger partial charge in [0.15, 0.2) is 0 Å². The van der Waals surface area contributed by atoms with Crippen molar-refractivity contribution in [2.45, 2.75) is 0 Å². The Bertz CT molecular complexity index is 744. The molecule has 0 aliphatic heterocycles. The van der Waals surface area contributed by atoms with Crippen molar-refractivity contribution in [1.82, 2.24) is 0 Å². The quantitative estimate of drug-likeness (QED) is 0.558. The fraction of sp³-hybridized carbons (Fsp3) is 0. The third kappa shape index (κ3) is 2.79. The fourth-order valence-electron chi connectivity index (χ4n) is 2.07. The van der Waals surface area contributed by atoms with E-state index < -0.39 is 0 Å². The Hall–Kier alpha value is -2.78. The van der Waals surface area contributed by atoms with Gasteiger partial charge in [0.1, 0.15) is 0 Å². The minimum absolute atomic E-state index is 0.912. The smallest absolute Gasteiger partial charge is 0.0327 e. The summed E-state index contributed by atoms with van der Waals surface area (Å²) in [5, 5.41) is 0. The van der Waals surface area contributed by atoms with Crippen molar-refractivity contribution in [2.75, 3.05) is 0 Å². The lowest BCUT2D eigenvalue weighted by atomic mass is 10.00. The maximum absolute atomic E-state index is 3.25. The second kappa shape index (κ2) is 5.91. The molecular weight excluding hydrogens is 240 g/mol. The monoisotopic (exact) mass is 253 g/mol. The van der Waals surface area contributed by atoms with E-state index in [9.17, 15) is 0 Å². The highest BCUT2D eigenvalue weighted by atomic mass is 14.0. The molecule has 0 amide bonds. The summed E-state index contributed by atoms with van der Waals surface area (Å²) in [5.41, 5.74) is 4.30. The molecule has 0 heteroatoms. The van der Waals surface area contributed by atoms with Crippen LogP contribution in [0.3, 0.4) is 0 Å². The van der Waals surface area contributed by atoms with E-state index >= 15 is 0 Å². The third-order valence-corrected chi connectivity index (χ3v) is 3.05. The summed E-state index contributed by atoms with van der Waals surface area (Å²) < 4.78 is 0. The van der Waals surface area contributed by atoms with Gasteiger partial charge in [-0.1, -0.05) is 78.6 Å². The predicted molar refractivity (Wildman–Crippen MR) is 83.1 cm³/mol. The van der Waals surface area contributed by atoms with Crippen molar-refractivity contribution in [2.24, 2.45) is 0 Å². The lowest BCUT2D eigenvalue weighted by molar-refractivity contribution is 1.58. The standard InChI is InChI=1S/C20H13/c1-3-9-17(10-4-1)15-16-19-13-7-8-14-20(19)18-11-5-2-6-12-18/h1-9,11-14H. The van der Waals surface area contributed by atoms with Gasteiger partial charge in [-0.3, -0.25) is 0 Å². The van der Waals surface area contributed by atoms with E-state index in [2.05, 4.69) is 42.2 Å². The van der Waals surface area contributed by atoms with E-state index in [0.29, 0.717) is 0 Å². The van der Waals surface area contributed by atoms with Gasteiger partial charge in [0, 0.05) is 11.1 Å². The van der Waals surface area contributed by atoms with Crippen molar-refractivity contribution >= 4 is 0 Å². The number of rotatable bonds is 1.